The number of piperidine rings is 3. The highest BCUT2D eigenvalue weighted by Crippen LogP contribution is 2.49. The summed E-state index contributed by atoms with van der Waals surface area (Å²) in [6.45, 7) is 10.7. The topological polar surface area (TPSA) is 194 Å². The highest BCUT2D eigenvalue weighted by atomic mass is 16.7. The minimum atomic E-state index is 0.00996. The molecule has 430 valence electrons. The molecule has 7 heterocycles. The average molecular weight is 1110 g/mol. The van der Waals surface area contributed by atoms with Gasteiger partial charge in [-0.2, -0.15) is 0 Å². The lowest BCUT2D eigenvalue weighted by Gasteiger charge is -2.38. The average Bonchev–Trinajstić information content (AvgIpc) is 3.90. The number of methoxy groups -OCH3 is 1. The highest BCUT2D eigenvalue weighted by Gasteiger charge is 2.46. The molecule has 0 aliphatic carbocycles. The molecular formula is C67H78N6O9. The minimum absolute atomic E-state index is 0.00996. The van der Waals surface area contributed by atoms with Crippen LogP contribution in [0.3, 0.4) is 0 Å². The maximum absolute atomic E-state index is 12.8. The number of amides is 3. The normalized spacial score (nSPS) is 18.0. The van der Waals surface area contributed by atoms with Crippen LogP contribution < -0.4 is 45.6 Å². The first-order valence-electron chi connectivity index (χ1n) is 29.2. The first kappa shape index (κ1) is 56.3. The van der Waals surface area contributed by atoms with Crippen LogP contribution in [0.15, 0.2) is 121 Å². The lowest BCUT2D eigenvalue weighted by Crippen LogP contribution is -2.46. The second-order valence-corrected chi connectivity index (χ2v) is 23.3. The van der Waals surface area contributed by atoms with Gasteiger partial charge in [0, 0.05) is 98.3 Å². The van der Waals surface area contributed by atoms with Crippen molar-refractivity contribution in [1.82, 2.24) is 14.7 Å². The van der Waals surface area contributed by atoms with E-state index in [4.69, 9.17) is 45.6 Å². The molecule has 0 bridgehead atoms. The Morgan fingerprint density at radius 3 is 1.33 bits per heavy atom. The number of ether oxygens (including phenoxy) is 6. The van der Waals surface area contributed by atoms with Crippen molar-refractivity contribution in [3.8, 4) is 34.5 Å². The summed E-state index contributed by atoms with van der Waals surface area (Å²) in [5.74, 6) is 5.78. The fourth-order valence-electron chi connectivity index (χ4n) is 13.1. The van der Waals surface area contributed by atoms with Gasteiger partial charge in [-0.1, -0.05) is 84.4 Å². The highest BCUT2D eigenvalue weighted by molar-refractivity contribution is 5.80. The van der Waals surface area contributed by atoms with Crippen molar-refractivity contribution in [3.63, 3.8) is 0 Å². The van der Waals surface area contributed by atoms with Crippen LogP contribution in [-0.4, -0.2) is 105 Å². The van der Waals surface area contributed by atoms with E-state index in [-0.39, 0.29) is 40.8 Å². The summed E-state index contributed by atoms with van der Waals surface area (Å²) in [5, 5.41) is 0. The number of fused-ring (bicyclic) bond motifs is 7. The first-order chi connectivity index (χ1) is 39.9. The molecule has 7 aliphatic rings. The van der Waals surface area contributed by atoms with Crippen molar-refractivity contribution in [2.75, 3.05) is 73.0 Å². The molecule has 6 aromatic carbocycles. The largest absolute Gasteiger partial charge is 0.497 e. The maximum Gasteiger partial charge on any atom is 0.231 e. The summed E-state index contributed by atoms with van der Waals surface area (Å²) in [6, 6.07) is 40.7. The van der Waals surface area contributed by atoms with E-state index in [1.807, 2.05) is 93.6 Å². The number of aryl methyl sites for hydroxylation is 2. The maximum atomic E-state index is 12.8. The number of benzene rings is 6. The van der Waals surface area contributed by atoms with Gasteiger partial charge in [0.15, 0.2) is 11.5 Å². The number of likely N-dealkylation sites (tertiary alicyclic amines) is 3. The van der Waals surface area contributed by atoms with Gasteiger partial charge in [0.25, 0.3) is 0 Å². The van der Waals surface area contributed by atoms with Gasteiger partial charge in [0.2, 0.25) is 24.5 Å². The summed E-state index contributed by atoms with van der Waals surface area (Å²) < 4.78 is 33.9. The number of hydrogen-bond donors (Lipinski definition) is 3. The lowest BCUT2D eigenvalue weighted by atomic mass is 9.74. The van der Waals surface area contributed by atoms with Crippen molar-refractivity contribution < 1.29 is 42.8 Å². The first-order valence-corrected chi connectivity index (χ1v) is 29.2. The van der Waals surface area contributed by atoms with Gasteiger partial charge < -0.3 is 60.3 Å². The summed E-state index contributed by atoms with van der Waals surface area (Å²) in [7, 11) is 1.64. The van der Waals surface area contributed by atoms with Crippen molar-refractivity contribution in [1.29, 1.82) is 0 Å². The minimum Gasteiger partial charge on any atom is -0.497 e. The van der Waals surface area contributed by atoms with Gasteiger partial charge in [0.1, 0.15) is 23.0 Å². The molecule has 15 heteroatoms. The Morgan fingerprint density at radius 2 is 0.866 bits per heavy atom. The monoisotopic (exact) mass is 1110 g/mol. The third-order valence-corrected chi connectivity index (χ3v) is 18.3. The van der Waals surface area contributed by atoms with E-state index < -0.39 is 0 Å². The fraction of sp³-hybridized carbons (Fsp3) is 0.418. The van der Waals surface area contributed by atoms with E-state index in [0.29, 0.717) is 52.1 Å². The van der Waals surface area contributed by atoms with Gasteiger partial charge in [-0.25, -0.2) is 0 Å². The molecule has 3 saturated heterocycles. The predicted octanol–water partition coefficient (Wildman–Crippen LogP) is 8.36. The Bertz CT molecular complexity index is 3280. The zero-order valence-electron chi connectivity index (χ0n) is 47.6. The van der Waals surface area contributed by atoms with E-state index >= 15 is 0 Å². The molecule has 0 atom stereocenters. The van der Waals surface area contributed by atoms with Gasteiger partial charge in [-0.05, 0) is 128 Å². The molecule has 0 unspecified atom stereocenters. The molecule has 7 aliphatic heterocycles. The fourth-order valence-corrected chi connectivity index (χ4v) is 13.1. The van der Waals surface area contributed by atoms with E-state index in [1.165, 1.54) is 27.8 Å². The summed E-state index contributed by atoms with van der Waals surface area (Å²) in [6.07, 6.45) is 7.81. The molecule has 0 aromatic heterocycles. The predicted molar refractivity (Wildman–Crippen MR) is 314 cm³/mol. The van der Waals surface area contributed by atoms with Crippen LogP contribution in [0.5, 0.6) is 34.5 Å². The Hall–Kier alpha value is -7.59. The number of carbonyl (C=O) groups is 3. The van der Waals surface area contributed by atoms with Gasteiger partial charge in [-0.15, -0.1) is 0 Å². The van der Waals surface area contributed by atoms with Gasteiger partial charge >= 0.3 is 0 Å². The Balaban J connectivity index is 0.000000129. The van der Waals surface area contributed by atoms with Crippen molar-refractivity contribution in [3.05, 3.63) is 177 Å². The van der Waals surface area contributed by atoms with Crippen LogP contribution in [0.25, 0.3) is 0 Å². The van der Waals surface area contributed by atoms with Gasteiger partial charge in [0.05, 0.1) is 39.8 Å². The Morgan fingerprint density at radius 1 is 0.451 bits per heavy atom. The van der Waals surface area contributed by atoms with Crippen molar-refractivity contribution in [2.45, 2.75) is 107 Å². The molecule has 15 nitrogen and oxygen atoms in total. The Labute approximate surface area is 481 Å². The third kappa shape index (κ3) is 12.0. The number of carbonyl (C=O) groups excluding carboxylic acids is 3. The van der Waals surface area contributed by atoms with Crippen LogP contribution in [0.1, 0.15) is 101 Å². The second kappa shape index (κ2) is 24.5. The number of hydrogen-bond acceptors (Lipinski definition) is 12. The zero-order valence-corrected chi connectivity index (χ0v) is 47.6. The molecule has 6 aromatic rings. The SMILES string of the molecule is COc1cccc(CC(=O)N2CCC3(CC2)COc2ccc(CN)cc23)c1.Cc1cccc(CCC(=O)N2CCC3(CC2)COc2ccc(CN)cc23)c1.NCc1ccc2c(c1)C1(CCN(C(=O)Cc3ccc4c(c3)OCO4)CC1)CO2. The summed E-state index contributed by atoms with van der Waals surface area (Å²) >= 11 is 0. The molecule has 3 spiro atoms. The van der Waals surface area contributed by atoms with Crippen LogP contribution in [-0.2, 0) is 69.5 Å². The van der Waals surface area contributed by atoms with E-state index in [0.717, 1.165) is 153 Å². The second-order valence-electron chi connectivity index (χ2n) is 23.3. The van der Waals surface area contributed by atoms with E-state index in [2.05, 4.69) is 49.4 Å². The zero-order chi connectivity index (χ0) is 56.8. The van der Waals surface area contributed by atoms with Crippen LogP contribution in [0.4, 0.5) is 0 Å². The van der Waals surface area contributed by atoms with Gasteiger partial charge in [-0.3, -0.25) is 14.4 Å². The standard InChI is InChI=1S/C23H28N2O2.C22H24N2O4.C22H26N2O3/c1-17-3-2-4-18(13-17)6-8-22(26)25-11-9-23(10-12-25)16-27-21-7-5-19(15-24)14-20(21)23;23-12-16-2-3-18-17(9-16)22(13-26-18)5-7-24(8-6-22)21(25)11-15-1-4-19-20(10-15)28-14-27-19;1-26-18-4-2-3-16(11-18)13-21(25)24-9-7-22(8-10-24)15-27-20-6-5-17(14-23)12-19(20)22/h2-5,7,13-14H,6,8-12,15-16,24H2,1H3;1-4,9-10H,5-8,11-14,23H2;2-6,11-12H,7-10,13-15,23H2,1H3. The van der Waals surface area contributed by atoms with Crippen LogP contribution in [0, 0.1) is 6.92 Å². The lowest BCUT2D eigenvalue weighted by molar-refractivity contribution is -0.133. The third-order valence-electron chi connectivity index (χ3n) is 18.3. The quantitative estimate of drug-likeness (QED) is 0.112. The molecule has 3 fully saturated rings. The number of rotatable bonds is 11. The smallest absolute Gasteiger partial charge is 0.231 e. The molecule has 0 saturated carbocycles. The summed E-state index contributed by atoms with van der Waals surface area (Å²) in [4.78, 5) is 44.2. The van der Waals surface area contributed by atoms with Crippen LogP contribution >= 0.6 is 0 Å². The summed E-state index contributed by atoms with van der Waals surface area (Å²) in [5.41, 5.74) is 29.2. The van der Waals surface area contributed by atoms with Crippen molar-refractivity contribution in [2.24, 2.45) is 17.2 Å². The molecule has 82 heavy (non-hydrogen) atoms. The van der Waals surface area contributed by atoms with E-state index in [9.17, 15) is 14.4 Å². The Kier molecular flexibility index (Phi) is 16.8. The molecule has 6 N–H and O–H groups in total. The van der Waals surface area contributed by atoms with Crippen molar-refractivity contribution >= 4 is 17.7 Å². The molecule has 0 radical (unpaired) electrons. The molecule has 13 rings (SSSR count). The van der Waals surface area contributed by atoms with E-state index in [1.54, 1.807) is 7.11 Å². The number of nitrogens with zero attached hydrogens (tertiary/aromatic N) is 3. The van der Waals surface area contributed by atoms with Crippen LogP contribution in [0.2, 0.25) is 0 Å². The molecular weight excluding hydrogens is 1030 g/mol. The molecule has 3 amide bonds. The number of nitrogens with two attached hydrogens (primary N) is 3.